The van der Waals surface area contributed by atoms with Crippen LogP contribution in [0.2, 0.25) is 0 Å². The van der Waals surface area contributed by atoms with Crippen LogP contribution in [0.4, 0.5) is 0 Å². The van der Waals surface area contributed by atoms with Gasteiger partial charge in [-0.3, -0.25) is 4.79 Å². The summed E-state index contributed by atoms with van der Waals surface area (Å²) >= 11 is 0. The molecule has 1 unspecified atom stereocenters. The van der Waals surface area contributed by atoms with Crippen molar-refractivity contribution in [2.24, 2.45) is 7.05 Å². The van der Waals surface area contributed by atoms with Gasteiger partial charge in [-0.05, 0) is 43.9 Å². The first-order valence-electron chi connectivity index (χ1n) is 7.23. The van der Waals surface area contributed by atoms with Crippen molar-refractivity contribution < 1.29 is 9.53 Å². The van der Waals surface area contributed by atoms with Gasteiger partial charge in [-0.1, -0.05) is 12.1 Å². The molecule has 0 radical (unpaired) electrons. The van der Waals surface area contributed by atoms with Gasteiger partial charge < -0.3 is 19.5 Å². The van der Waals surface area contributed by atoms with Crippen LogP contribution in [0.25, 0.3) is 0 Å². The van der Waals surface area contributed by atoms with Crippen molar-refractivity contribution in [3.8, 4) is 5.75 Å². The predicted octanol–water partition coefficient (Wildman–Crippen LogP) is 2.07. The van der Waals surface area contributed by atoms with E-state index in [-0.39, 0.29) is 11.9 Å². The number of hydrogen-bond donors (Lipinski definition) is 1. The quantitative estimate of drug-likeness (QED) is 0.888. The molecule has 1 aromatic carbocycles. The maximum absolute atomic E-state index is 12.2. The van der Waals surface area contributed by atoms with Gasteiger partial charge in [0.2, 0.25) is 0 Å². The molecule has 0 spiro atoms. The van der Waals surface area contributed by atoms with E-state index in [2.05, 4.69) is 10.2 Å². The number of carbonyl (C=O) groups excluding carboxylic acids is 1. The van der Waals surface area contributed by atoms with Crippen LogP contribution in [0.1, 0.15) is 22.1 Å². The summed E-state index contributed by atoms with van der Waals surface area (Å²) in [6.07, 6.45) is 1.86. The second kappa shape index (κ2) is 7.13. The van der Waals surface area contributed by atoms with Crippen LogP contribution in [0.5, 0.6) is 5.75 Å². The number of nitrogens with one attached hydrogen (secondary N) is 1. The molecule has 1 heterocycles. The van der Waals surface area contributed by atoms with Gasteiger partial charge in [0.25, 0.3) is 5.91 Å². The molecule has 0 aliphatic carbocycles. The number of aromatic nitrogens is 1. The molecule has 0 saturated carbocycles. The summed E-state index contributed by atoms with van der Waals surface area (Å²) in [4.78, 5) is 14.3. The number of methoxy groups -OCH3 is 1. The Morgan fingerprint density at radius 1 is 1.27 bits per heavy atom. The number of amides is 1. The molecule has 0 fully saturated rings. The van der Waals surface area contributed by atoms with E-state index in [0.29, 0.717) is 12.2 Å². The first-order valence-corrected chi connectivity index (χ1v) is 7.23. The molecule has 1 N–H and O–H groups in total. The monoisotopic (exact) mass is 301 g/mol. The fourth-order valence-corrected chi connectivity index (χ4v) is 2.40. The van der Waals surface area contributed by atoms with Crippen LogP contribution in [0.3, 0.4) is 0 Å². The Bertz CT molecular complexity index is 617. The molecule has 1 atom stereocenters. The molecule has 5 nitrogen and oxygen atoms in total. The number of likely N-dealkylation sites (N-methyl/N-ethyl adjacent to an activating group) is 1. The van der Waals surface area contributed by atoms with Gasteiger partial charge in [0.1, 0.15) is 11.4 Å². The normalized spacial score (nSPS) is 12.2. The Morgan fingerprint density at radius 2 is 1.95 bits per heavy atom. The lowest BCUT2D eigenvalue weighted by Gasteiger charge is -2.25. The van der Waals surface area contributed by atoms with Crippen LogP contribution < -0.4 is 10.1 Å². The number of ether oxygens (including phenoxy) is 1. The number of benzene rings is 1. The molecule has 118 valence electrons. The largest absolute Gasteiger partial charge is 0.497 e. The Kier molecular flexibility index (Phi) is 5.22. The summed E-state index contributed by atoms with van der Waals surface area (Å²) in [7, 11) is 7.52. The van der Waals surface area contributed by atoms with Crippen molar-refractivity contribution >= 4 is 5.91 Å². The van der Waals surface area contributed by atoms with Crippen molar-refractivity contribution in [1.29, 1.82) is 0 Å². The molecule has 2 rings (SSSR count). The maximum atomic E-state index is 12.2. The molecular formula is C17H23N3O2. The molecule has 22 heavy (non-hydrogen) atoms. The van der Waals surface area contributed by atoms with Gasteiger partial charge in [0.05, 0.1) is 13.2 Å². The van der Waals surface area contributed by atoms with E-state index in [9.17, 15) is 4.79 Å². The summed E-state index contributed by atoms with van der Waals surface area (Å²) in [5.41, 5.74) is 1.80. The summed E-state index contributed by atoms with van der Waals surface area (Å²) < 4.78 is 7.00. The topological polar surface area (TPSA) is 46.5 Å². The molecule has 2 aromatic rings. The van der Waals surface area contributed by atoms with Gasteiger partial charge in [0, 0.05) is 19.8 Å². The highest BCUT2D eigenvalue weighted by Crippen LogP contribution is 2.20. The predicted molar refractivity (Wildman–Crippen MR) is 87.2 cm³/mol. The van der Waals surface area contributed by atoms with Crippen LogP contribution >= 0.6 is 0 Å². The van der Waals surface area contributed by atoms with Crippen LogP contribution in [0.15, 0.2) is 42.6 Å². The highest BCUT2D eigenvalue weighted by molar-refractivity contribution is 5.92. The first-order chi connectivity index (χ1) is 10.5. The smallest absolute Gasteiger partial charge is 0.267 e. The van der Waals surface area contributed by atoms with Crippen LogP contribution in [-0.4, -0.2) is 43.1 Å². The Morgan fingerprint density at radius 3 is 2.45 bits per heavy atom. The zero-order valence-corrected chi connectivity index (χ0v) is 13.5. The van der Waals surface area contributed by atoms with Crippen molar-refractivity contribution in [3.05, 3.63) is 53.9 Å². The lowest BCUT2D eigenvalue weighted by molar-refractivity contribution is 0.0934. The summed E-state index contributed by atoms with van der Waals surface area (Å²) in [5, 5.41) is 3.00. The molecular weight excluding hydrogens is 278 g/mol. The third-order valence-corrected chi connectivity index (χ3v) is 3.76. The van der Waals surface area contributed by atoms with Crippen molar-refractivity contribution in [2.75, 3.05) is 27.7 Å². The summed E-state index contributed by atoms with van der Waals surface area (Å²) in [5.74, 6) is 0.766. The first kappa shape index (κ1) is 16.1. The minimum absolute atomic E-state index is 0.0622. The van der Waals surface area contributed by atoms with Gasteiger partial charge in [-0.2, -0.15) is 0 Å². The Balaban J connectivity index is 2.05. The zero-order valence-electron chi connectivity index (χ0n) is 13.5. The fraction of sp³-hybridized carbons (Fsp3) is 0.353. The third-order valence-electron chi connectivity index (χ3n) is 3.76. The van der Waals surface area contributed by atoms with Crippen LogP contribution in [-0.2, 0) is 7.05 Å². The Labute approximate surface area is 131 Å². The van der Waals surface area contributed by atoms with E-state index in [1.54, 1.807) is 7.11 Å². The standard InChI is InChI=1S/C17H23N3O2/c1-19(2)16(13-7-9-14(22-4)10-8-13)12-18-17(21)15-6-5-11-20(15)3/h5-11,16H,12H2,1-4H3,(H,18,21). The summed E-state index contributed by atoms with van der Waals surface area (Å²) in [6.45, 7) is 0.545. The summed E-state index contributed by atoms with van der Waals surface area (Å²) in [6, 6.07) is 11.7. The van der Waals surface area contributed by atoms with E-state index in [0.717, 1.165) is 11.3 Å². The van der Waals surface area contributed by atoms with E-state index >= 15 is 0 Å². The number of hydrogen-bond acceptors (Lipinski definition) is 3. The average Bonchev–Trinajstić information content (AvgIpc) is 2.94. The van der Waals surface area contributed by atoms with E-state index in [1.165, 1.54) is 0 Å². The number of rotatable bonds is 6. The second-order valence-electron chi connectivity index (χ2n) is 5.47. The highest BCUT2D eigenvalue weighted by Gasteiger charge is 2.16. The average molecular weight is 301 g/mol. The Hall–Kier alpha value is -2.27. The molecule has 0 bridgehead atoms. The van der Waals surface area contributed by atoms with Gasteiger partial charge in [0.15, 0.2) is 0 Å². The second-order valence-corrected chi connectivity index (χ2v) is 5.47. The SMILES string of the molecule is COc1ccc(C(CNC(=O)c2cccn2C)N(C)C)cc1. The minimum Gasteiger partial charge on any atom is -0.497 e. The van der Waals surface area contributed by atoms with E-state index in [4.69, 9.17) is 4.74 Å². The zero-order chi connectivity index (χ0) is 16.1. The van der Waals surface area contributed by atoms with Crippen molar-refractivity contribution in [3.63, 3.8) is 0 Å². The van der Waals surface area contributed by atoms with Gasteiger partial charge in [-0.25, -0.2) is 0 Å². The molecule has 1 aromatic heterocycles. The third kappa shape index (κ3) is 3.68. The number of nitrogens with zero attached hydrogens (tertiary/aromatic N) is 2. The van der Waals surface area contributed by atoms with Crippen molar-refractivity contribution in [1.82, 2.24) is 14.8 Å². The lowest BCUT2D eigenvalue weighted by Crippen LogP contribution is -2.35. The molecule has 5 heteroatoms. The number of carbonyl (C=O) groups is 1. The maximum Gasteiger partial charge on any atom is 0.267 e. The van der Waals surface area contributed by atoms with E-state index < -0.39 is 0 Å². The van der Waals surface area contributed by atoms with Crippen molar-refractivity contribution in [2.45, 2.75) is 6.04 Å². The molecule has 1 amide bonds. The lowest BCUT2D eigenvalue weighted by atomic mass is 10.1. The minimum atomic E-state index is -0.0622. The number of aryl methyl sites for hydroxylation is 1. The molecule has 0 aliphatic heterocycles. The van der Waals surface area contributed by atoms with Gasteiger partial charge >= 0.3 is 0 Å². The van der Waals surface area contributed by atoms with Crippen LogP contribution in [0, 0.1) is 0 Å². The van der Waals surface area contributed by atoms with Gasteiger partial charge in [-0.15, -0.1) is 0 Å². The fourth-order valence-electron chi connectivity index (χ4n) is 2.40. The molecule has 0 aliphatic rings. The highest BCUT2D eigenvalue weighted by atomic mass is 16.5. The molecule has 0 saturated heterocycles. The van der Waals surface area contributed by atoms with E-state index in [1.807, 2.05) is 68.3 Å².